The van der Waals surface area contributed by atoms with Crippen molar-refractivity contribution >= 4 is 11.9 Å². The van der Waals surface area contributed by atoms with Crippen molar-refractivity contribution in [2.75, 3.05) is 0 Å². The fourth-order valence-corrected chi connectivity index (χ4v) is 4.02. The molecule has 4 nitrogen and oxygen atoms in total. The molecule has 0 aromatic carbocycles. The number of aliphatic hydroxyl groups excluding tert-OH is 1. The van der Waals surface area contributed by atoms with Crippen LogP contribution in [0.3, 0.4) is 0 Å². The van der Waals surface area contributed by atoms with Crippen molar-refractivity contribution in [2.24, 2.45) is 29.1 Å². The van der Waals surface area contributed by atoms with Crippen LogP contribution < -0.4 is 0 Å². The third-order valence-corrected chi connectivity index (χ3v) is 5.50. The number of hydrogen-bond donors (Lipinski definition) is 1. The van der Waals surface area contributed by atoms with E-state index in [0.717, 1.165) is 12.8 Å². The minimum absolute atomic E-state index is 0.0255. The Morgan fingerprint density at radius 3 is 2.45 bits per heavy atom. The highest BCUT2D eigenvalue weighted by Gasteiger charge is 2.54. The van der Waals surface area contributed by atoms with Gasteiger partial charge in [-0.15, -0.1) is 6.58 Å². The molecule has 2 rings (SSSR count). The number of carbonyl (C=O) groups is 1. The molecular formula is C16H24O4. The fraction of sp³-hybridized carbons (Fsp3) is 0.750. The van der Waals surface area contributed by atoms with Crippen molar-refractivity contribution in [3.63, 3.8) is 0 Å². The lowest BCUT2D eigenvalue weighted by Gasteiger charge is -2.54. The van der Waals surface area contributed by atoms with E-state index in [1.54, 1.807) is 0 Å². The minimum atomic E-state index is -0.754. The van der Waals surface area contributed by atoms with Crippen molar-refractivity contribution in [1.82, 2.24) is 0 Å². The van der Waals surface area contributed by atoms with Gasteiger partial charge in [0.25, 0.3) is 0 Å². The quantitative estimate of drug-likeness (QED) is 0.748. The zero-order chi connectivity index (χ0) is 15.5. The molecular weight excluding hydrogens is 256 g/mol. The monoisotopic (exact) mass is 280 g/mol. The lowest BCUT2D eigenvalue weighted by Crippen LogP contribution is -2.55. The summed E-state index contributed by atoms with van der Waals surface area (Å²) in [4.78, 5) is 28.6. The fourth-order valence-electron chi connectivity index (χ4n) is 4.02. The van der Waals surface area contributed by atoms with Gasteiger partial charge >= 0.3 is 6.15 Å². The molecule has 0 aromatic heterocycles. The Labute approximate surface area is 120 Å². The minimum Gasteiger partial charge on any atom is -0.385 e. The van der Waals surface area contributed by atoms with Crippen LogP contribution in [0.2, 0.25) is 0 Å². The van der Waals surface area contributed by atoms with Crippen LogP contribution in [-0.2, 0) is 14.4 Å². The highest BCUT2D eigenvalue weighted by Crippen LogP contribution is 2.55. The molecule has 0 radical (unpaired) electrons. The number of ketones is 1. The molecule has 0 aromatic rings. The van der Waals surface area contributed by atoms with Crippen LogP contribution in [0.15, 0.2) is 12.7 Å². The largest absolute Gasteiger partial charge is 0.385 e. The molecule has 2 fully saturated rings. The Kier molecular flexibility index (Phi) is 5.43. The SMILES string of the molecule is C=C[C@H]1[C@H](C)CC[C@@]2(C)[C@H](C)C[C@@H](O)C(=O)[C@H]12.O=C=O. The molecule has 1 N–H and O–H groups in total. The van der Waals surface area contributed by atoms with E-state index < -0.39 is 6.10 Å². The van der Waals surface area contributed by atoms with Crippen LogP contribution >= 0.6 is 0 Å². The van der Waals surface area contributed by atoms with Crippen molar-refractivity contribution in [2.45, 2.75) is 46.1 Å². The van der Waals surface area contributed by atoms with Crippen molar-refractivity contribution < 1.29 is 19.5 Å². The molecule has 0 unspecified atom stereocenters. The van der Waals surface area contributed by atoms with Gasteiger partial charge in [0.15, 0.2) is 5.78 Å². The van der Waals surface area contributed by atoms with E-state index in [2.05, 4.69) is 27.4 Å². The van der Waals surface area contributed by atoms with E-state index in [4.69, 9.17) is 9.59 Å². The molecule has 112 valence electrons. The van der Waals surface area contributed by atoms with Gasteiger partial charge in [-0.05, 0) is 42.4 Å². The van der Waals surface area contributed by atoms with E-state index in [-0.39, 0.29) is 29.2 Å². The molecule has 2 saturated carbocycles. The van der Waals surface area contributed by atoms with E-state index in [1.165, 1.54) is 0 Å². The molecule has 0 heterocycles. The molecule has 0 aliphatic heterocycles. The first-order chi connectivity index (χ1) is 9.33. The van der Waals surface area contributed by atoms with Gasteiger partial charge in [0.05, 0.1) is 0 Å². The molecule has 0 bridgehead atoms. The Morgan fingerprint density at radius 1 is 1.40 bits per heavy atom. The van der Waals surface area contributed by atoms with Gasteiger partial charge in [-0.2, -0.15) is 9.59 Å². The molecule has 0 saturated heterocycles. The van der Waals surface area contributed by atoms with Crippen molar-refractivity contribution in [3.8, 4) is 0 Å². The zero-order valence-corrected chi connectivity index (χ0v) is 12.5. The summed E-state index contributed by atoms with van der Waals surface area (Å²) in [5, 5.41) is 9.92. The number of aliphatic hydroxyl groups is 1. The maximum atomic E-state index is 12.3. The summed E-state index contributed by atoms with van der Waals surface area (Å²) in [7, 11) is 0. The summed E-state index contributed by atoms with van der Waals surface area (Å²) < 4.78 is 0. The van der Waals surface area contributed by atoms with Crippen LogP contribution in [0.4, 0.5) is 0 Å². The summed E-state index contributed by atoms with van der Waals surface area (Å²) in [5.41, 5.74) is 0.0572. The number of fused-ring (bicyclic) bond motifs is 1. The average molecular weight is 280 g/mol. The van der Waals surface area contributed by atoms with Crippen LogP contribution in [0.25, 0.3) is 0 Å². The van der Waals surface area contributed by atoms with Gasteiger partial charge in [0, 0.05) is 5.92 Å². The van der Waals surface area contributed by atoms with E-state index in [9.17, 15) is 9.90 Å². The first-order valence-corrected chi connectivity index (χ1v) is 7.17. The Hall–Kier alpha value is -1.25. The topological polar surface area (TPSA) is 71.4 Å². The van der Waals surface area contributed by atoms with E-state index >= 15 is 0 Å². The molecule has 6 atom stereocenters. The normalized spacial score (nSPS) is 43.6. The molecule has 2 aliphatic carbocycles. The predicted molar refractivity (Wildman–Crippen MR) is 73.5 cm³/mol. The standard InChI is InChI=1S/C15H24O2.CO2/c1-5-11-9(2)6-7-15(4)10(3)8-12(16)14(17)13(11)15;2-1-3/h5,9-13,16H,1,6-8H2,2-4H3;/t9-,10-,11+,12-,13+,15+;/m1./s1. The lowest BCUT2D eigenvalue weighted by atomic mass is 9.50. The lowest BCUT2D eigenvalue weighted by molar-refractivity contribution is -0.191. The first-order valence-electron chi connectivity index (χ1n) is 7.17. The Balaban J connectivity index is 0.000000612. The number of Topliss-reactive ketones (excluding diaryl/α,β-unsaturated/α-hetero) is 1. The number of allylic oxidation sites excluding steroid dienone is 1. The number of carbonyl (C=O) groups excluding carboxylic acids is 3. The van der Waals surface area contributed by atoms with Gasteiger partial charge < -0.3 is 5.11 Å². The van der Waals surface area contributed by atoms with E-state index in [1.807, 2.05) is 6.08 Å². The number of rotatable bonds is 1. The smallest absolute Gasteiger partial charge is 0.373 e. The second-order valence-electron chi connectivity index (χ2n) is 6.45. The summed E-state index contributed by atoms with van der Waals surface area (Å²) in [5.74, 6) is 1.19. The molecule has 4 heteroatoms. The highest BCUT2D eigenvalue weighted by molar-refractivity contribution is 5.87. The zero-order valence-electron chi connectivity index (χ0n) is 12.5. The average Bonchev–Trinajstić information content (AvgIpc) is 2.39. The van der Waals surface area contributed by atoms with Crippen LogP contribution in [0.5, 0.6) is 0 Å². The Morgan fingerprint density at radius 2 is 1.95 bits per heavy atom. The highest BCUT2D eigenvalue weighted by atomic mass is 16.3. The maximum Gasteiger partial charge on any atom is 0.373 e. The van der Waals surface area contributed by atoms with Gasteiger partial charge in [-0.3, -0.25) is 4.79 Å². The number of hydrogen-bond acceptors (Lipinski definition) is 4. The van der Waals surface area contributed by atoms with Crippen LogP contribution in [0.1, 0.15) is 40.0 Å². The van der Waals surface area contributed by atoms with Crippen molar-refractivity contribution in [3.05, 3.63) is 12.7 Å². The summed E-state index contributed by atoms with van der Waals surface area (Å²) in [6, 6.07) is 0. The van der Waals surface area contributed by atoms with Gasteiger partial charge in [0.1, 0.15) is 6.10 Å². The third kappa shape index (κ3) is 2.77. The van der Waals surface area contributed by atoms with Gasteiger partial charge in [-0.25, -0.2) is 0 Å². The molecule has 0 amide bonds. The predicted octanol–water partition coefficient (Wildman–Crippen LogP) is 2.23. The second kappa shape index (κ2) is 6.47. The Bertz CT molecular complexity index is 411. The molecule has 0 spiro atoms. The summed E-state index contributed by atoms with van der Waals surface area (Å²) in [6.45, 7) is 10.5. The van der Waals surface area contributed by atoms with Gasteiger partial charge in [0.2, 0.25) is 0 Å². The third-order valence-electron chi connectivity index (χ3n) is 5.50. The molecule has 20 heavy (non-hydrogen) atoms. The van der Waals surface area contributed by atoms with Crippen molar-refractivity contribution in [1.29, 1.82) is 0 Å². The molecule has 2 aliphatic rings. The summed E-state index contributed by atoms with van der Waals surface area (Å²) in [6.07, 6.45) is 4.33. The summed E-state index contributed by atoms with van der Waals surface area (Å²) >= 11 is 0. The second-order valence-corrected chi connectivity index (χ2v) is 6.45. The van der Waals surface area contributed by atoms with Crippen LogP contribution in [-0.4, -0.2) is 23.1 Å². The van der Waals surface area contributed by atoms with E-state index in [0.29, 0.717) is 18.3 Å². The van der Waals surface area contributed by atoms with Gasteiger partial charge in [-0.1, -0.05) is 26.8 Å². The first kappa shape index (κ1) is 16.8. The van der Waals surface area contributed by atoms with Crippen LogP contribution in [0, 0.1) is 29.1 Å². The maximum absolute atomic E-state index is 12.3.